The molecule has 2 N–H and O–H groups in total. The third-order valence-electron chi connectivity index (χ3n) is 5.56. The van der Waals surface area contributed by atoms with Crippen molar-refractivity contribution in [3.8, 4) is 11.5 Å². The molecule has 0 saturated heterocycles. The summed E-state index contributed by atoms with van der Waals surface area (Å²) < 4.78 is 11.2. The Morgan fingerprint density at radius 2 is 1.06 bits per heavy atom. The van der Waals surface area contributed by atoms with Crippen molar-refractivity contribution in [1.29, 1.82) is 0 Å². The standard InChI is InChI=1S/C26H34Cl2N2O4/c1-3-23(19-5-9-21(10-6-19)33-17-25(31)29-15-13-27)24(4-2)20-7-11-22(12-8-20)34-18-26(32)30-16-14-28/h5-12,23-24H,3-4,13-18H2,1-2H3,(H,29,31)(H,30,32)/t23-,24-/m0/s1. The molecule has 0 aliphatic heterocycles. The van der Waals surface area contributed by atoms with Gasteiger partial charge >= 0.3 is 0 Å². The molecule has 0 aliphatic rings. The SMILES string of the molecule is CC[C@@H](c1ccc(OCC(=O)NCCCl)cc1)[C@@H](CC)c1ccc(OCC(=O)NCCCl)cc1. The number of ether oxygens (including phenoxy) is 2. The lowest BCUT2D eigenvalue weighted by atomic mass is 9.78. The minimum Gasteiger partial charge on any atom is -0.484 e. The first kappa shape index (κ1) is 27.8. The van der Waals surface area contributed by atoms with Crippen LogP contribution in [-0.2, 0) is 9.59 Å². The van der Waals surface area contributed by atoms with Crippen molar-refractivity contribution in [3.05, 3.63) is 59.7 Å². The number of nitrogens with one attached hydrogen (secondary N) is 2. The Morgan fingerprint density at radius 1 is 0.706 bits per heavy atom. The maximum atomic E-state index is 11.7. The van der Waals surface area contributed by atoms with Gasteiger partial charge in [-0.05, 0) is 60.1 Å². The molecule has 186 valence electrons. The topological polar surface area (TPSA) is 76.7 Å². The van der Waals surface area contributed by atoms with Gasteiger partial charge in [-0.1, -0.05) is 38.1 Å². The number of halogens is 2. The highest BCUT2D eigenvalue weighted by atomic mass is 35.5. The van der Waals surface area contributed by atoms with E-state index in [9.17, 15) is 9.59 Å². The van der Waals surface area contributed by atoms with Crippen LogP contribution in [0.25, 0.3) is 0 Å². The first-order valence-corrected chi connectivity index (χ1v) is 12.7. The summed E-state index contributed by atoms with van der Waals surface area (Å²) in [6, 6.07) is 15.9. The molecule has 2 atom stereocenters. The zero-order chi connectivity index (χ0) is 24.8. The number of amides is 2. The molecule has 0 spiro atoms. The summed E-state index contributed by atoms with van der Waals surface area (Å²) in [6.45, 7) is 5.17. The highest BCUT2D eigenvalue weighted by Crippen LogP contribution is 2.38. The maximum Gasteiger partial charge on any atom is 0.257 e. The highest BCUT2D eigenvalue weighted by molar-refractivity contribution is 6.18. The predicted molar refractivity (Wildman–Crippen MR) is 137 cm³/mol. The van der Waals surface area contributed by atoms with Gasteiger partial charge in [-0.3, -0.25) is 9.59 Å². The monoisotopic (exact) mass is 508 g/mol. The van der Waals surface area contributed by atoms with Gasteiger partial charge in [0, 0.05) is 24.8 Å². The smallest absolute Gasteiger partial charge is 0.257 e. The molecule has 6 nitrogen and oxygen atoms in total. The highest BCUT2D eigenvalue weighted by Gasteiger charge is 2.22. The molecule has 2 aromatic rings. The van der Waals surface area contributed by atoms with Gasteiger partial charge in [0.15, 0.2) is 13.2 Å². The van der Waals surface area contributed by atoms with Gasteiger partial charge in [-0.2, -0.15) is 0 Å². The van der Waals surface area contributed by atoms with Crippen LogP contribution in [0.15, 0.2) is 48.5 Å². The predicted octanol–water partition coefficient (Wildman–Crippen LogP) is 4.84. The molecule has 0 saturated carbocycles. The van der Waals surface area contributed by atoms with Crippen LogP contribution in [0.3, 0.4) is 0 Å². The molecule has 0 fully saturated rings. The van der Waals surface area contributed by atoms with E-state index >= 15 is 0 Å². The van der Waals surface area contributed by atoms with Crippen LogP contribution >= 0.6 is 23.2 Å². The van der Waals surface area contributed by atoms with E-state index in [0.29, 0.717) is 48.2 Å². The van der Waals surface area contributed by atoms with Crippen LogP contribution in [0, 0.1) is 0 Å². The molecule has 2 amide bonds. The summed E-state index contributed by atoms with van der Waals surface area (Å²) in [6.07, 6.45) is 1.97. The van der Waals surface area contributed by atoms with E-state index in [-0.39, 0.29) is 25.0 Å². The van der Waals surface area contributed by atoms with Crippen molar-refractivity contribution in [2.24, 2.45) is 0 Å². The van der Waals surface area contributed by atoms with E-state index in [2.05, 4.69) is 48.7 Å². The molecular formula is C26H34Cl2N2O4. The van der Waals surface area contributed by atoms with E-state index in [4.69, 9.17) is 32.7 Å². The fourth-order valence-corrected chi connectivity index (χ4v) is 4.09. The maximum absolute atomic E-state index is 11.7. The van der Waals surface area contributed by atoms with Gasteiger partial charge in [0.1, 0.15) is 11.5 Å². The Kier molecular flexibility index (Phi) is 12.6. The number of carbonyl (C=O) groups is 2. The molecule has 0 aliphatic carbocycles. The average Bonchev–Trinajstić information content (AvgIpc) is 2.87. The molecule has 2 rings (SSSR count). The zero-order valence-electron chi connectivity index (χ0n) is 19.8. The quantitative estimate of drug-likeness (QED) is 0.337. The second kappa shape index (κ2) is 15.5. The van der Waals surface area contributed by atoms with Gasteiger partial charge in [0.25, 0.3) is 11.8 Å². The molecule has 0 radical (unpaired) electrons. The van der Waals surface area contributed by atoms with Crippen molar-refractivity contribution in [3.63, 3.8) is 0 Å². The van der Waals surface area contributed by atoms with E-state index in [0.717, 1.165) is 12.8 Å². The summed E-state index contributed by atoms with van der Waals surface area (Å²) >= 11 is 11.1. The Morgan fingerprint density at radius 3 is 1.35 bits per heavy atom. The van der Waals surface area contributed by atoms with E-state index in [1.54, 1.807) is 0 Å². The van der Waals surface area contributed by atoms with Crippen molar-refractivity contribution in [2.45, 2.75) is 38.5 Å². The van der Waals surface area contributed by atoms with Gasteiger partial charge < -0.3 is 20.1 Å². The average molecular weight is 509 g/mol. The number of hydrogen-bond acceptors (Lipinski definition) is 4. The summed E-state index contributed by atoms with van der Waals surface area (Å²) in [7, 11) is 0. The molecule has 0 aromatic heterocycles. The number of benzene rings is 2. The molecule has 8 heteroatoms. The molecule has 34 heavy (non-hydrogen) atoms. The second-order valence-corrected chi connectivity index (χ2v) is 8.58. The van der Waals surface area contributed by atoms with Crippen molar-refractivity contribution < 1.29 is 19.1 Å². The number of carbonyl (C=O) groups excluding carboxylic acids is 2. The second-order valence-electron chi connectivity index (χ2n) is 7.82. The van der Waals surface area contributed by atoms with Crippen molar-refractivity contribution in [1.82, 2.24) is 10.6 Å². The lowest BCUT2D eigenvalue weighted by molar-refractivity contribution is -0.123. The first-order chi connectivity index (χ1) is 16.5. The number of rotatable bonds is 15. The van der Waals surface area contributed by atoms with E-state index < -0.39 is 0 Å². The van der Waals surface area contributed by atoms with Gasteiger partial charge in [-0.15, -0.1) is 23.2 Å². The van der Waals surface area contributed by atoms with Gasteiger partial charge in [-0.25, -0.2) is 0 Å². The van der Waals surface area contributed by atoms with Crippen LogP contribution in [0.2, 0.25) is 0 Å². The third kappa shape index (κ3) is 9.07. The largest absolute Gasteiger partial charge is 0.484 e. The van der Waals surface area contributed by atoms with E-state index in [1.807, 2.05) is 24.3 Å². The van der Waals surface area contributed by atoms with Gasteiger partial charge in [0.2, 0.25) is 0 Å². The molecule has 2 aromatic carbocycles. The molecular weight excluding hydrogens is 475 g/mol. The summed E-state index contributed by atoms with van der Waals surface area (Å²) in [5.41, 5.74) is 2.45. The Labute approximate surface area is 212 Å². The Bertz CT molecular complexity index is 802. The van der Waals surface area contributed by atoms with Crippen LogP contribution in [0.1, 0.15) is 49.7 Å². The fraction of sp³-hybridized carbons (Fsp3) is 0.462. The Balaban J connectivity index is 1.99. The minimum atomic E-state index is -0.189. The molecule has 0 unspecified atom stereocenters. The third-order valence-corrected chi connectivity index (χ3v) is 5.93. The van der Waals surface area contributed by atoms with Crippen LogP contribution in [-0.4, -0.2) is 49.9 Å². The fourth-order valence-electron chi connectivity index (χ4n) is 3.90. The molecule has 0 bridgehead atoms. The van der Waals surface area contributed by atoms with Crippen LogP contribution in [0.4, 0.5) is 0 Å². The summed E-state index contributed by atoms with van der Waals surface area (Å²) in [5.74, 6) is 2.35. The van der Waals surface area contributed by atoms with Crippen LogP contribution in [0.5, 0.6) is 11.5 Å². The Hall–Kier alpha value is -2.44. The minimum absolute atomic E-state index is 0.0339. The van der Waals surface area contributed by atoms with Crippen LogP contribution < -0.4 is 20.1 Å². The lowest BCUT2D eigenvalue weighted by Gasteiger charge is -2.26. The summed E-state index contributed by atoms with van der Waals surface area (Å²) in [4.78, 5) is 23.4. The molecule has 0 heterocycles. The van der Waals surface area contributed by atoms with Crippen molar-refractivity contribution >= 4 is 35.0 Å². The normalized spacial score (nSPS) is 12.5. The number of alkyl halides is 2. The first-order valence-electron chi connectivity index (χ1n) is 11.6. The zero-order valence-corrected chi connectivity index (χ0v) is 21.3. The number of hydrogen-bond donors (Lipinski definition) is 2. The lowest BCUT2D eigenvalue weighted by Crippen LogP contribution is -2.30. The van der Waals surface area contributed by atoms with Gasteiger partial charge in [0.05, 0.1) is 0 Å². The summed E-state index contributed by atoms with van der Waals surface area (Å²) in [5, 5.41) is 5.36. The van der Waals surface area contributed by atoms with E-state index in [1.165, 1.54) is 11.1 Å². The van der Waals surface area contributed by atoms with Crippen molar-refractivity contribution in [2.75, 3.05) is 38.1 Å².